The Morgan fingerprint density at radius 3 is 2.69 bits per heavy atom. The Labute approximate surface area is 76.8 Å². The van der Waals surface area contributed by atoms with Gasteiger partial charge >= 0.3 is 0 Å². The van der Waals surface area contributed by atoms with Crippen molar-refractivity contribution in [3.05, 3.63) is 33.1 Å². The third kappa shape index (κ3) is 1.84. The van der Waals surface area contributed by atoms with Gasteiger partial charge in [0.15, 0.2) is 0 Å². The fourth-order valence-electron chi connectivity index (χ4n) is 1.02. The van der Waals surface area contributed by atoms with Crippen molar-refractivity contribution in [3.63, 3.8) is 0 Å². The van der Waals surface area contributed by atoms with Crippen LogP contribution in [-0.4, -0.2) is 16.8 Å². The normalized spacial score (nSPS) is 33.7. The number of nitro groups is 1. The number of rotatable bonds is 1. The Morgan fingerprint density at radius 2 is 2.31 bits per heavy atom. The van der Waals surface area contributed by atoms with E-state index in [1.54, 1.807) is 0 Å². The summed E-state index contributed by atoms with van der Waals surface area (Å²) in [6, 6.07) is -1.94. The molecule has 7 heteroatoms. The van der Waals surface area contributed by atoms with Crippen molar-refractivity contribution >= 4 is 11.6 Å². The van der Waals surface area contributed by atoms with E-state index in [0.717, 1.165) is 0 Å². The van der Waals surface area contributed by atoms with Crippen LogP contribution >= 0.6 is 11.6 Å². The molecule has 1 aliphatic carbocycles. The zero-order valence-corrected chi connectivity index (χ0v) is 6.96. The maximum absolute atomic E-state index is 13.2. The van der Waals surface area contributed by atoms with Crippen LogP contribution in [0.1, 0.15) is 0 Å². The quantitative estimate of drug-likeness (QED) is 0.402. The maximum atomic E-state index is 13.2. The molecule has 1 rings (SSSR count). The van der Waals surface area contributed by atoms with Gasteiger partial charge in [-0.25, -0.2) is 8.78 Å². The maximum Gasteiger partial charge on any atom is 0.298 e. The lowest BCUT2D eigenvalue weighted by Crippen LogP contribution is -2.50. The second kappa shape index (κ2) is 3.04. The summed E-state index contributed by atoms with van der Waals surface area (Å²) in [4.78, 5) is 9.30. The highest BCUT2D eigenvalue weighted by molar-refractivity contribution is 6.30. The summed E-state index contributed by atoms with van der Waals surface area (Å²) in [6.45, 7) is 0. The molecule has 0 saturated heterocycles. The molecule has 0 aliphatic heterocycles. The number of nitrogens with two attached hydrogens (primary N) is 1. The van der Waals surface area contributed by atoms with E-state index in [1.165, 1.54) is 0 Å². The Morgan fingerprint density at radius 1 is 1.77 bits per heavy atom. The Kier molecular flexibility index (Phi) is 2.36. The summed E-state index contributed by atoms with van der Waals surface area (Å²) in [6.07, 6.45) is 0.992. The number of hydrogen-bond donors (Lipinski definition) is 1. The zero-order valence-electron chi connectivity index (χ0n) is 6.21. The van der Waals surface area contributed by atoms with E-state index in [4.69, 9.17) is 17.3 Å². The second-order valence-electron chi connectivity index (χ2n) is 2.57. The molecule has 0 aromatic rings. The van der Waals surface area contributed by atoms with Gasteiger partial charge in [0.25, 0.3) is 11.8 Å². The average Bonchev–Trinajstić information content (AvgIpc) is 1.78. The fraction of sp³-hybridized carbons (Fsp3) is 0.333. The molecule has 0 radical (unpaired) electrons. The molecular weight excluding hydrogens is 206 g/mol. The van der Waals surface area contributed by atoms with Crippen LogP contribution in [0.4, 0.5) is 8.78 Å². The number of hydrogen-bond acceptors (Lipinski definition) is 3. The van der Waals surface area contributed by atoms with Gasteiger partial charge in [0.2, 0.25) is 0 Å². The van der Waals surface area contributed by atoms with Crippen molar-refractivity contribution in [1.82, 2.24) is 0 Å². The summed E-state index contributed by atoms with van der Waals surface area (Å²) in [5.74, 6) is -3.90. The van der Waals surface area contributed by atoms with Crippen LogP contribution in [0.25, 0.3) is 0 Å². The molecule has 0 fully saturated rings. The lowest BCUT2D eigenvalue weighted by molar-refractivity contribution is -0.525. The number of alkyl halides is 1. The molecule has 1 aliphatic rings. The van der Waals surface area contributed by atoms with Crippen molar-refractivity contribution in [3.8, 4) is 0 Å². The van der Waals surface area contributed by atoms with Gasteiger partial charge in [-0.05, 0) is 6.08 Å². The molecule has 4 nitrogen and oxygen atoms in total. The fourth-order valence-corrected chi connectivity index (χ4v) is 1.37. The largest absolute Gasteiger partial charge is 0.298 e. The van der Waals surface area contributed by atoms with E-state index in [9.17, 15) is 18.9 Å². The minimum atomic E-state index is -2.88. The van der Waals surface area contributed by atoms with Crippen molar-refractivity contribution < 1.29 is 13.7 Å². The number of allylic oxidation sites excluding steroid dienone is 2. The molecule has 2 atom stereocenters. The standard InChI is InChI=1S/C6H5ClF2N2O2/c7-4-1-3(8)2-6(9,10)5(4)11(12)13/h1-2,5H,10H2. The van der Waals surface area contributed by atoms with Crippen LogP contribution in [0.3, 0.4) is 0 Å². The molecule has 13 heavy (non-hydrogen) atoms. The molecule has 0 aromatic carbocycles. The Hall–Kier alpha value is -1.01. The van der Waals surface area contributed by atoms with Gasteiger partial charge in [0, 0.05) is 11.0 Å². The molecule has 0 aromatic heterocycles. The minimum Gasteiger partial charge on any atom is -0.289 e. The van der Waals surface area contributed by atoms with Gasteiger partial charge in [0.1, 0.15) is 5.83 Å². The molecular formula is C6H5ClF2N2O2. The van der Waals surface area contributed by atoms with E-state index in [1.807, 2.05) is 0 Å². The predicted octanol–water partition coefficient (Wildman–Crippen LogP) is 1.25. The number of halogens is 3. The molecule has 0 heterocycles. The average molecular weight is 211 g/mol. The summed E-state index contributed by atoms with van der Waals surface area (Å²) in [5.41, 5.74) is 4.85. The monoisotopic (exact) mass is 210 g/mol. The Bertz CT molecular complexity index is 314. The lowest BCUT2D eigenvalue weighted by atomic mass is 10.0. The van der Waals surface area contributed by atoms with Crippen molar-refractivity contribution in [2.24, 2.45) is 5.73 Å². The van der Waals surface area contributed by atoms with Gasteiger partial charge in [-0.3, -0.25) is 15.8 Å². The van der Waals surface area contributed by atoms with Crippen LogP contribution in [0.5, 0.6) is 0 Å². The molecule has 0 saturated carbocycles. The molecule has 0 bridgehead atoms. The highest BCUT2D eigenvalue weighted by atomic mass is 35.5. The topological polar surface area (TPSA) is 69.2 Å². The van der Waals surface area contributed by atoms with Crippen LogP contribution in [-0.2, 0) is 0 Å². The summed E-state index contributed by atoms with van der Waals surface area (Å²) < 4.78 is 25.7. The van der Waals surface area contributed by atoms with E-state index in [0.29, 0.717) is 12.2 Å². The first-order chi connectivity index (χ1) is 5.84. The van der Waals surface area contributed by atoms with Gasteiger partial charge in [0.05, 0.1) is 5.03 Å². The van der Waals surface area contributed by atoms with Crippen molar-refractivity contribution in [2.75, 3.05) is 0 Å². The SMILES string of the molecule is NC1(F)C=C(F)C=C(Cl)C1[N+](=O)[O-]. The van der Waals surface area contributed by atoms with Gasteiger partial charge in [-0.15, -0.1) is 0 Å². The third-order valence-corrected chi connectivity index (χ3v) is 1.84. The molecule has 0 spiro atoms. The first kappa shape index (κ1) is 10.1. The van der Waals surface area contributed by atoms with E-state index in [-0.39, 0.29) is 0 Å². The van der Waals surface area contributed by atoms with Crippen LogP contribution in [0.2, 0.25) is 0 Å². The Balaban J connectivity index is 3.12. The van der Waals surface area contributed by atoms with Gasteiger partial charge in [-0.1, -0.05) is 11.6 Å². The highest BCUT2D eigenvalue weighted by Gasteiger charge is 2.48. The highest BCUT2D eigenvalue weighted by Crippen LogP contribution is 2.30. The van der Waals surface area contributed by atoms with Crippen molar-refractivity contribution in [2.45, 2.75) is 11.8 Å². The lowest BCUT2D eigenvalue weighted by Gasteiger charge is -2.22. The summed E-state index contributed by atoms with van der Waals surface area (Å²) >= 11 is 5.28. The van der Waals surface area contributed by atoms with E-state index < -0.39 is 27.6 Å². The van der Waals surface area contributed by atoms with Crippen LogP contribution in [0, 0.1) is 10.1 Å². The first-order valence-electron chi connectivity index (χ1n) is 3.21. The van der Waals surface area contributed by atoms with Gasteiger partial charge < -0.3 is 0 Å². The smallest absolute Gasteiger partial charge is 0.289 e. The van der Waals surface area contributed by atoms with E-state index in [2.05, 4.69) is 0 Å². The van der Waals surface area contributed by atoms with Gasteiger partial charge in [-0.2, -0.15) is 0 Å². The van der Waals surface area contributed by atoms with Crippen LogP contribution in [0.15, 0.2) is 23.0 Å². The third-order valence-electron chi connectivity index (χ3n) is 1.53. The molecule has 2 N–H and O–H groups in total. The molecule has 0 amide bonds. The molecule has 72 valence electrons. The summed E-state index contributed by atoms with van der Waals surface area (Å²) in [7, 11) is 0. The number of nitrogens with zero attached hydrogens (tertiary/aromatic N) is 1. The minimum absolute atomic E-state index is 0.326. The van der Waals surface area contributed by atoms with E-state index >= 15 is 0 Å². The summed E-state index contributed by atoms with van der Waals surface area (Å²) in [5, 5.41) is 9.74. The second-order valence-corrected chi connectivity index (χ2v) is 3.01. The predicted molar refractivity (Wildman–Crippen MR) is 41.9 cm³/mol. The zero-order chi connectivity index (χ0) is 10.2. The van der Waals surface area contributed by atoms with Crippen LogP contribution < -0.4 is 5.73 Å². The van der Waals surface area contributed by atoms with Crippen molar-refractivity contribution in [1.29, 1.82) is 0 Å². The first-order valence-corrected chi connectivity index (χ1v) is 3.59. The molecule has 2 unspecified atom stereocenters.